The molecule has 2 heterocycles. The van der Waals surface area contributed by atoms with Crippen molar-refractivity contribution in [1.29, 1.82) is 0 Å². The van der Waals surface area contributed by atoms with Crippen molar-refractivity contribution in [1.82, 2.24) is 4.98 Å². The molecule has 0 fully saturated rings. The Balaban J connectivity index is 1.85. The molecule has 0 saturated heterocycles. The second kappa shape index (κ2) is 6.22. The minimum absolute atomic E-state index is 0.174. The summed E-state index contributed by atoms with van der Waals surface area (Å²) in [7, 11) is 0. The number of halogens is 1. The molecule has 1 unspecified atom stereocenters. The van der Waals surface area contributed by atoms with Crippen molar-refractivity contribution in [2.24, 2.45) is 0 Å². The van der Waals surface area contributed by atoms with Crippen LogP contribution in [0.5, 0.6) is 11.5 Å². The number of fused-ring (bicyclic) bond motifs is 1. The third-order valence-corrected chi connectivity index (χ3v) is 3.33. The summed E-state index contributed by atoms with van der Waals surface area (Å²) in [5, 5.41) is -0.759. The number of Topliss-reactive ketones (excluding diaryl/α,β-unsaturated/α-hetero) is 1. The van der Waals surface area contributed by atoms with Gasteiger partial charge in [0.1, 0.15) is 16.9 Å². The Morgan fingerprint density at radius 1 is 1.35 bits per heavy atom. The maximum atomic E-state index is 12.3. The summed E-state index contributed by atoms with van der Waals surface area (Å²) in [6.07, 6.45) is 3.19. The smallest absolute Gasteiger partial charge is 0.329 e. The van der Waals surface area contributed by atoms with Crippen LogP contribution in [0.2, 0.25) is 0 Å². The van der Waals surface area contributed by atoms with Gasteiger partial charge in [0.2, 0.25) is 5.78 Å². The van der Waals surface area contributed by atoms with E-state index in [2.05, 4.69) is 4.98 Å². The Hall–Kier alpha value is -2.66. The molecule has 1 aliphatic rings. The Morgan fingerprint density at radius 3 is 2.87 bits per heavy atom. The number of alkyl halides is 1. The summed E-state index contributed by atoms with van der Waals surface area (Å²) in [6, 6.07) is 9.94. The molecule has 1 aliphatic heterocycles. The van der Waals surface area contributed by atoms with Crippen LogP contribution in [0.3, 0.4) is 0 Å². The highest BCUT2D eigenvalue weighted by Gasteiger charge is 2.28. The van der Waals surface area contributed by atoms with E-state index in [-0.39, 0.29) is 17.3 Å². The molecule has 0 spiro atoms. The van der Waals surface area contributed by atoms with Gasteiger partial charge >= 0.3 is 5.97 Å². The zero-order valence-electron chi connectivity index (χ0n) is 12.2. The monoisotopic (exact) mass is 329 g/mol. The summed E-state index contributed by atoms with van der Waals surface area (Å²) in [4.78, 5) is 27.9. The number of ether oxygens (including phenoxy) is 2. The molecule has 0 aliphatic carbocycles. The molecule has 5 nitrogen and oxygen atoms in total. The molecular weight excluding hydrogens is 318 g/mol. The van der Waals surface area contributed by atoms with E-state index in [4.69, 9.17) is 21.1 Å². The average Bonchev–Trinajstić information content (AvgIpc) is 2.84. The predicted octanol–water partition coefficient (Wildman–Crippen LogP) is 3.23. The van der Waals surface area contributed by atoms with Crippen LogP contribution < -0.4 is 9.47 Å². The lowest BCUT2D eigenvalue weighted by Crippen LogP contribution is -2.17. The maximum absolute atomic E-state index is 12.3. The zero-order valence-corrected chi connectivity index (χ0v) is 12.9. The Morgan fingerprint density at radius 2 is 2.17 bits per heavy atom. The lowest BCUT2D eigenvalue weighted by atomic mass is 10.1. The van der Waals surface area contributed by atoms with Crippen LogP contribution in [-0.2, 0) is 4.79 Å². The SMILES string of the molecule is CC(Cl)C(=O)Oc1ccc2c(c1)O/C(=C\c1ccccn1)C2=O. The molecule has 23 heavy (non-hydrogen) atoms. The van der Waals surface area contributed by atoms with Crippen LogP contribution in [-0.4, -0.2) is 22.1 Å². The minimum Gasteiger partial charge on any atom is -0.452 e. The van der Waals surface area contributed by atoms with Crippen LogP contribution in [0, 0.1) is 0 Å². The Labute approximate surface area is 137 Å². The third kappa shape index (κ3) is 3.24. The molecular formula is C17H12ClNO4. The van der Waals surface area contributed by atoms with Gasteiger partial charge in [0.25, 0.3) is 0 Å². The normalized spacial score (nSPS) is 15.9. The number of aromatic nitrogens is 1. The molecule has 116 valence electrons. The topological polar surface area (TPSA) is 65.5 Å². The molecule has 0 saturated carbocycles. The summed E-state index contributed by atoms with van der Waals surface area (Å²) in [5.74, 6) is -0.0276. The molecule has 0 bridgehead atoms. The zero-order chi connectivity index (χ0) is 16.4. The molecule has 1 atom stereocenters. The number of rotatable bonds is 3. The first-order valence-electron chi connectivity index (χ1n) is 6.89. The van der Waals surface area contributed by atoms with Gasteiger partial charge in [0, 0.05) is 18.3 Å². The van der Waals surface area contributed by atoms with Crippen molar-refractivity contribution < 1.29 is 19.1 Å². The summed E-state index contributed by atoms with van der Waals surface area (Å²) >= 11 is 5.66. The van der Waals surface area contributed by atoms with Gasteiger partial charge in [-0.2, -0.15) is 0 Å². The number of benzene rings is 1. The number of carbonyl (C=O) groups is 2. The van der Waals surface area contributed by atoms with Gasteiger partial charge in [0.15, 0.2) is 5.76 Å². The first kappa shape index (κ1) is 15.2. The molecule has 3 rings (SSSR count). The second-order valence-corrected chi connectivity index (χ2v) is 5.54. The highest BCUT2D eigenvalue weighted by molar-refractivity contribution is 6.29. The second-order valence-electron chi connectivity index (χ2n) is 4.89. The standard InChI is InChI=1S/C17H12ClNO4/c1-10(18)17(21)22-12-5-6-13-14(9-12)23-15(16(13)20)8-11-4-2-3-7-19-11/h2-10H,1H3/b15-8-. The van der Waals surface area contributed by atoms with Crippen molar-refractivity contribution in [2.75, 3.05) is 0 Å². The number of carbonyl (C=O) groups excluding carboxylic acids is 2. The number of esters is 1. The number of hydrogen-bond donors (Lipinski definition) is 0. The van der Waals surface area contributed by atoms with E-state index in [9.17, 15) is 9.59 Å². The molecule has 0 amide bonds. The largest absolute Gasteiger partial charge is 0.452 e. The fourth-order valence-corrected chi connectivity index (χ4v) is 2.07. The molecule has 2 aromatic rings. The van der Waals surface area contributed by atoms with E-state index in [1.54, 1.807) is 30.5 Å². The maximum Gasteiger partial charge on any atom is 0.329 e. The van der Waals surface area contributed by atoms with Gasteiger partial charge in [-0.15, -0.1) is 11.6 Å². The number of hydrogen-bond acceptors (Lipinski definition) is 5. The molecule has 1 aromatic heterocycles. The fourth-order valence-electron chi connectivity index (χ4n) is 2.02. The molecule has 0 radical (unpaired) electrons. The van der Waals surface area contributed by atoms with Gasteiger partial charge in [-0.25, -0.2) is 0 Å². The summed E-state index contributed by atoms with van der Waals surface area (Å²) in [5.41, 5.74) is 1.03. The minimum atomic E-state index is -0.759. The highest BCUT2D eigenvalue weighted by Crippen LogP contribution is 2.34. The van der Waals surface area contributed by atoms with Gasteiger partial charge in [-0.1, -0.05) is 6.07 Å². The Bertz CT molecular complexity index is 799. The van der Waals surface area contributed by atoms with Gasteiger partial charge in [-0.3, -0.25) is 14.6 Å². The molecule has 1 aromatic carbocycles. The van der Waals surface area contributed by atoms with Crippen LogP contribution in [0.15, 0.2) is 48.4 Å². The first-order valence-corrected chi connectivity index (χ1v) is 7.33. The summed E-state index contributed by atoms with van der Waals surface area (Å²) in [6.45, 7) is 1.52. The van der Waals surface area contributed by atoms with Gasteiger partial charge < -0.3 is 9.47 Å². The van der Waals surface area contributed by atoms with E-state index in [0.29, 0.717) is 17.0 Å². The quantitative estimate of drug-likeness (QED) is 0.374. The van der Waals surface area contributed by atoms with Crippen molar-refractivity contribution in [3.63, 3.8) is 0 Å². The predicted molar refractivity (Wildman–Crippen MR) is 84.6 cm³/mol. The first-order chi connectivity index (χ1) is 11.0. The van der Waals surface area contributed by atoms with E-state index < -0.39 is 11.3 Å². The van der Waals surface area contributed by atoms with E-state index in [1.165, 1.54) is 19.1 Å². The highest BCUT2D eigenvalue weighted by atomic mass is 35.5. The van der Waals surface area contributed by atoms with Crippen LogP contribution in [0.4, 0.5) is 0 Å². The van der Waals surface area contributed by atoms with E-state index >= 15 is 0 Å². The molecule has 0 N–H and O–H groups in total. The van der Waals surface area contributed by atoms with Crippen molar-refractivity contribution >= 4 is 29.4 Å². The van der Waals surface area contributed by atoms with Gasteiger partial charge in [0.05, 0.1) is 11.3 Å². The lowest BCUT2D eigenvalue weighted by Gasteiger charge is -2.06. The Kier molecular flexibility index (Phi) is 4.12. The van der Waals surface area contributed by atoms with Crippen molar-refractivity contribution in [3.8, 4) is 11.5 Å². The van der Waals surface area contributed by atoms with Crippen molar-refractivity contribution in [2.45, 2.75) is 12.3 Å². The third-order valence-electron chi connectivity index (χ3n) is 3.15. The lowest BCUT2D eigenvalue weighted by molar-refractivity contribution is -0.133. The van der Waals surface area contributed by atoms with Crippen LogP contribution in [0.25, 0.3) is 6.08 Å². The number of pyridine rings is 1. The number of ketones is 1. The fraction of sp³-hybridized carbons (Fsp3) is 0.118. The van der Waals surface area contributed by atoms with Crippen LogP contribution >= 0.6 is 11.6 Å². The van der Waals surface area contributed by atoms with Crippen LogP contribution in [0.1, 0.15) is 23.0 Å². The average molecular weight is 330 g/mol. The number of nitrogens with zero attached hydrogens (tertiary/aromatic N) is 1. The van der Waals surface area contributed by atoms with Gasteiger partial charge in [-0.05, 0) is 31.2 Å². The number of allylic oxidation sites excluding steroid dienone is 1. The van der Waals surface area contributed by atoms with E-state index in [1.807, 2.05) is 6.07 Å². The molecule has 6 heteroatoms. The summed E-state index contributed by atoms with van der Waals surface area (Å²) < 4.78 is 10.6. The van der Waals surface area contributed by atoms with Crippen molar-refractivity contribution in [3.05, 3.63) is 59.6 Å². The van der Waals surface area contributed by atoms with E-state index in [0.717, 1.165) is 0 Å².